The monoisotopic (exact) mass is 492 g/mol. The maximum atomic E-state index is 13.2. The highest BCUT2D eigenvalue weighted by molar-refractivity contribution is 6.08. The van der Waals surface area contributed by atoms with Gasteiger partial charge in [-0.05, 0) is 43.2 Å². The van der Waals surface area contributed by atoms with Crippen LogP contribution in [-0.4, -0.2) is 76.8 Å². The number of benzene rings is 2. The number of amides is 1. The second kappa shape index (κ2) is 11.2. The fourth-order valence-electron chi connectivity index (χ4n) is 4.50. The first-order chi connectivity index (χ1) is 17.4. The molecule has 0 saturated carbocycles. The van der Waals surface area contributed by atoms with Crippen molar-refractivity contribution in [2.45, 2.75) is 51.3 Å². The molecule has 3 atom stereocenters. The number of para-hydroxylation sites is 1. The van der Waals surface area contributed by atoms with Crippen molar-refractivity contribution >= 4 is 23.4 Å². The van der Waals surface area contributed by atoms with Gasteiger partial charge in [-0.3, -0.25) is 19.7 Å². The topological polar surface area (TPSA) is 104 Å². The van der Waals surface area contributed by atoms with Gasteiger partial charge in [0.05, 0.1) is 12.3 Å². The number of hydrogen-bond acceptors (Lipinski definition) is 7. The maximum absolute atomic E-state index is 13.2. The molecule has 4 rings (SSSR count). The molecule has 2 aromatic rings. The van der Waals surface area contributed by atoms with Gasteiger partial charge in [0.1, 0.15) is 30.0 Å². The van der Waals surface area contributed by atoms with Crippen LogP contribution < -0.4 is 9.47 Å². The average Bonchev–Trinajstić information content (AvgIpc) is 3.17. The Bertz CT molecular complexity index is 1130. The van der Waals surface area contributed by atoms with E-state index in [1.807, 2.05) is 32.2 Å². The molecule has 2 aliphatic rings. The number of aliphatic carboxylic acids is 1. The quantitative estimate of drug-likeness (QED) is 0.517. The lowest BCUT2D eigenvalue weighted by atomic mass is 9.98. The molecule has 36 heavy (non-hydrogen) atoms. The molecule has 0 bridgehead atoms. The third-order valence-corrected chi connectivity index (χ3v) is 6.30. The van der Waals surface area contributed by atoms with E-state index in [4.69, 9.17) is 14.5 Å². The normalized spacial score (nSPS) is 19.9. The van der Waals surface area contributed by atoms with Gasteiger partial charge in [-0.15, -0.1) is 0 Å². The molecule has 0 aliphatic carbocycles. The smallest absolute Gasteiger partial charge is 0.345 e. The number of likely N-dealkylation sites (N-methyl/N-ethyl adjacent to an activating group) is 1. The number of aliphatic imine (C=N–C) groups is 1. The Morgan fingerprint density at radius 3 is 2.50 bits per heavy atom. The van der Waals surface area contributed by atoms with Gasteiger partial charge >= 0.3 is 5.97 Å². The molecule has 9 heteroatoms. The highest BCUT2D eigenvalue weighted by atomic mass is 16.5. The Morgan fingerprint density at radius 2 is 1.83 bits per heavy atom. The molecule has 0 spiro atoms. The van der Waals surface area contributed by atoms with Crippen LogP contribution in [0.1, 0.15) is 32.3 Å². The third-order valence-electron chi connectivity index (χ3n) is 6.30. The fraction of sp³-hybridized carbons (Fsp3) is 0.407. The zero-order valence-electron chi connectivity index (χ0n) is 20.8. The van der Waals surface area contributed by atoms with Crippen LogP contribution in [0.5, 0.6) is 11.5 Å². The second-order valence-corrected chi connectivity index (χ2v) is 8.93. The van der Waals surface area contributed by atoms with Crippen molar-refractivity contribution in [3.05, 3.63) is 60.2 Å². The summed E-state index contributed by atoms with van der Waals surface area (Å²) in [6, 6.07) is 15.5. The van der Waals surface area contributed by atoms with E-state index < -0.39 is 18.1 Å². The van der Waals surface area contributed by atoms with Crippen LogP contribution in [0.3, 0.4) is 0 Å². The Balaban J connectivity index is 1.31. The largest absolute Gasteiger partial charge is 0.492 e. The first-order valence-electron chi connectivity index (χ1n) is 12.2. The summed E-state index contributed by atoms with van der Waals surface area (Å²) in [5.41, 5.74) is 1.78. The van der Waals surface area contributed by atoms with Crippen molar-refractivity contribution in [3.63, 3.8) is 0 Å². The molecule has 0 aromatic heterocycles. The zero-order valence-corrected chi connectivity index (χ0v) is 20.8. The summed E-state index contributed by atoms with van der Waals surface area (Å²) in [7, 11) is 1.82. The van der Waals surface area contributed by atoms with E-state index in [0.29, 0.717) is 30.5 Å². The molecule has 0 saturated heterocycles. The number of nitrogens with zero attached hydrogens (tertiary/aromatic N) is 4. The molecule has 1 N–H and O–H groups in total. The predicted octanol–water partition coefficient (Wildman–Crippen LogP) is 3.24. The number of carbonyl (C=O) groups is 2. The maximum Gasteiger partial charge on any atom is 0.345 e. The van der Waals surface area contributed by atoms with E-state index in [2.05, 4.69) is 12.0 Å². The number of amidine groups is 1. The van der Waals surface area contributed by atoms with Crippen molar-refractivity contribution in [3.8, 4) is 11.5 Å². The van der Waals surface area contributed by atoms with Crippen molar-refractivity contribution in [1.29, 1.82) is 0 Å². The van der Waals surface area contributed by atoms with Crippen molar-refractivity contribution < 1.29 is 24.2 Å². The fourth-order valence-corrected chi connectivity index (χ4v) is 4.50. The molecule has 2 heterocycles. The highest BCUT2D eigenvalue weighted by Gasteiger charge is 2.45. The van der Waals surface area contributed by atoms with E-state index in [1.165, 1.54) is 0 Å². The number of carbonyl (C=O) groups excluding carboxylic acids is 1. The Hall–Kier alpha value is -3.88. The lowest BCUT2D eigenvalue weighted by Crippen LogP contribution is -2.56. The zero-order chi connectivity index (χ0) is 25.7. The SMILES string of the molecule is CCCC1=NN(C)C2C(=O)N(CCOc3ccc(CC(Oc4ccccc4)C(=O)O)cc3)C(C)=NC12. The number of ether oxygens (including phenoxy) is 2. The summed E-state index contributed by atoms with van der Waals surface area (Å²) in [6.45, 7) is 4.62. The summed E-state index contributed by atoms with van der Waals surface area (Å²) >= 11 is 0. The van der Waals surface area contributed by atoms with Gasteiger partial charge in [0, 0.05) is 13.5 Å². The number of hydrogen-bond donors (Lipinski definition) is 1. The summed E-state index contributed by atoms with van der Waals surface area (Å²) in [5, 5.41) is 15.8. The number of carboxylic acid groups (broad SMARTS) is 1. The minimum Gasteiger partial charge on any atom is -0.492 e. The molecule has 0 radical (unpaired) electrons. The average molecular weight is 493 g/mol. The van der Waals surface area contributed by atoms with Crippen LogP contribution in [0.15, 0.2) is 64.7 Å². The molecule has 190 valence electrons. The summed E-state index contributed by atoms with van der Waals surface area (Å²) in [6.07, 6.45) is 1.03. The number of carboxylic acids is 1. The Morgan fingerprint density at radius 1 is 1.11 bits per heavy atom. The molecule has 0 fully saturated rings. The molecular weight excluding hydrogens is 460 g/mol. The lowest BCUT2D eigenvalue weighted by molar-refractivity contribution is -0.145. The first-order valence-corrected chi connectivity index (χ1v) is 12.2. The second-order valence-electron chi connectivity index (χ2n) is 8.93. The van der Waals surface area contributed by atoms with Crippen molar-refractivity contribution in [2.24, 2.45) is 10.1 Å². The number of fused-ring (bicyclic) bond motifs is 1. The summed E-state index contributed by atoms with van der Waals surface area (Å²) < 4.78 is 11.5. The number of rotatable bonds is 11. The highest BCUT2D eigenvalue weighted by Crippen LogP contribution is 2.26. The predicted molar refractivity (Wildman–Crippen MR) is 137 cm³/mol. The van der Waals surface area contributed by atoms with Gasteiger partial charge in [0.15, 0.2) is 12.1 Å². The summed E-state index contributed by atoms with van der Waals surface area (Å²) in [5.74, 6) is 0.793. The van der Waals surface area contributed by atoms with Crippen LogP contribution in [0.2, 0.25) is 0 Å². The van der Waals surface area contributed by atoms with Gasteiger partial charge in [0.2, 0.25) is 0 Å². The molecule has 1 amide bonds. The van der Waals surface area contributed by atoms with Crippen molar-refractivity contribution in [1.82, 2.24) is 9.91 Å². The molecule has 2 aliphatic heterocycles. The first kappa shape index (κ1) is 25.2. The minimum absolute atomic E-state index is 0.0121. The van der Waals surface area contributed by atoms with Crippen LogP contribution in [0, 0.1) is 0 Å². The minimum atomic E-state index is -1.02. The van der Waals surface area contributed by atoms with Gasteiger partial charge < -0.3 is 14.6 Å². The van der Waals surface area contributed by atoms with Gasteiger partial charge in [-0.2, -0.15) is 5.10 Å². The lowest BCUT2D eigenvalue weighted by Gasteiger charge is -2.34. The summed E-state index contributed by atoms with van der Waals surface area (Å²) in [4.78, 5) is 31.3. The van der Waals surface area contributed by atoms with Crippen LogP contribution in [0.25, 0.3) is 0 Å². The molecule has 2 aromatic carbocycles. The number of hydrazone groups is 1. The molecule has 3 unspecified atom stereocenters. The molecular formula is C27H32N4O5. The van der Waals surface area contributed by atoms with Gasteiger partial charge in [-0.1, -0.05) is 43.7 Å². The van der Waals surface area contributed by atoms with Gasteiger partial charge in [0.25, 0.3) is 5.91 Å². The van der Waals surface area contributed by atoms with Crippen LogP contribution in [0.4, 0.5) is 0 Å². The van der Waals surface area contributed by atoms with E-state index >= 15 is 0 Å². The van der Waals surface area contributed by atoms with E-state index in [0.717, 1.165) is 24.1 Å². The van der Waals surface area contributed by atoms with Crippen LogP contribution >= 0.6 is 0 Å². The van der Waals surface area contributed by atoms with E-state index in [-0.39, 0.29) is 18.4 Å². The van der Waals surface area contributed by atoms with E-state index in [9.17, 15) is 14.7 Å². The standard InChI is InChI=1S/C27H32N4O5/c1-4-8-22-24-25(30(3)29-22)26(32)31(18(2)28-24)15-16-35-20-13-11-19(12-14-20)17-23(27(33)34)36-21-9-6-5-7-10-21/h5-7,9-14,23-25H,4,8,15-17H2,1-3H3,(H,33,34). The van der Waals surface area contributed by atoms with E-state index in [1.54, 1.807) is 46.3 Å². The Kier molecular flexibility index (Phi) is 7.87. The van der Waals surface area contributed by atoms with Crippen molar-refractivity contribution in [2.75, 3.05) is 20.2 Å². The van der Waals surface area contributed by atoms with Gasteiger partial charge in [-0.25, -0.2) is 4.79 Å². The molecule has 9 nitrogen and oxygen atoms in total. The third kappa shape index (κ3) is 5.67. The Labute approximate surface area is 211 Å². The van der Waals surface area contributed by atoms with Crippen LogP contribution in [-0.2, 0) is 16.0 Å².